The van der Waals surface area contributed by atoms with Crippen molar-refractivity contribution in [2.75, 3.05) is 13.7 Å². The Morgan fingerprint density at radius 3 is 2.57 bits per heavy atom. The van der Waals surface area contributed by atoms with E-state index in [9.17, 15) is 9.59 Å². The molecular weight excluding hydrogens is 268 g/mol. The highest BCUT2D eigenvalue weighted by molar-refractivity contribution is 5.82. The molecule has 1 unspecified atom stereocenters. The molecule has 0 spiro atoms. The lowest BCUT2D eigenvalue weighted by atomic mass is 10.1. The van der Waals surface area contributed by atoms with E-state index in [0.29, 0.717) is 12.5 Å². The Morgan fingerprint density at radius 1 is 1.33 bits per heavy atom. The van der Waals surface area contributed by atoms with Gasteiger partial charge in [-0.05, 0) is 24.3 Å². The Labute approximate surface area is 125 Å². The summed E-state index contributed by atoms with van der Waals surface area (Å²) in [4.78, 5) is 25.4. The van der Waals surface area contributed by atoms with E-state index < -0.39 is 5.97 Å². The normalized spacial score (nSPS) is 15.3. The van der Waals surface area contributed by atoms with E-state index in [1.54, 1.807) is 0 Å². The molecule has 0 aliphatic heterocycles. The molecule has 5 heteroatoms. The van der Waals surface area contributed by atoms with Gasteiger partial charge in [0.05, 0.1) is 7.11 Å². The van der Waals surface area contributed by atoms with Gasteiger partial charge in [-0.2, -0.15) is 0 Å². The van der Waals surface area contributed by atoms with Crippen molar-refractivity contribution in [2.24, 2.45) is 11.7 Å². The molecule has 1 aliphatic carbocycles. The fourth-order valence-corrected chi connectivity index (χ4v) is 2.28. The summed E-state index contributed by atoms with van der Waals surface area (Å²) in [7, 11) is 1.32. The molecule has 1 aromatic rings. The van der Waals surface area contributed by atoms with Gasteiger partial charge in [0.25, 0.3) is 0 Å². The number of hydrogen-bond acceptors (Lipinski definition) is 4. The molecule has 2 N–H and O–H groups in total. The van der Waals surface area contributed by atoms with Crippen LogP contribution in [0.4, 0.5) is 0 Å². The summed E-state index contributed by atoms with van der Waals surface area (Å²) in [6.45, 7) is 0.355. The number of ether oxygens (including phenoxy) is 1. The molecule has 1 amide bonds. The molecule has 0 radical (unpaired) electrons. The minimum absolute atomic E-state index is 0.0401. The van der Waals surface area contributed by atoms with E-state index in [-0.39, 0.29) is 24.9 Å². The first-order chi connectivity index (χ1) is 10.1. The van der Waals surface area contributed by atoms with Crippen LogP contribution in [-0.2, 0) is 20.9 Å². The summed E-state index contributed by atoms with van der Waals surface area (Å²) in [5.74, 6) is -0.0476. The van der Waals surface area contributed by atoms with Crippen molar-refractivity contribution in [1.82, 2.24) is 4.90 Å². The van der Waals surface area contributed by atoms with E-state index in [1.807, 2.05) is 30.3 Å². The number of methoxy groups -OCH3 is 1. The molecule has 2 rings (SSSR count). The number of nitrogens with zero attached hydrogens (tertiary/aromatic N) is 1. The zero-order valence-electron chi connectivity index (χ0n) is 12.3. The lowest BCUT2D eigenvalue weighted by molar-refractivity contribution is -0.147. The summed E-state index contributed by atoms with van der Waals surface area (Å²) in [6.07, 6.45) is 2.49. The van der Waals surface area contributed by atoms with E-state index in [1.165, 1.54) is 12.0 Å². The molecule has 21 heavy (non-hydrogen) atoms. The zero-order valence-corrected chi connectivity index (χ0v) is 12.3. The average molecular weight is 290 g/mol. The van der Waals surface area contributed by atoms with Crippen molar-refractivity contribution in [3.8, 4) is 0 Å². The largest absolute Gasteiger partial charge is 0.468 e. The number of carbonyl (C=O) groups is 2. The van der Waals surface area contributed by atoms with E-state index >= 15 is 0 Å². The first-order valence-corrected chi connectivity index (χ1v) is 7.24. The third-order valence-corrected chi connectivity index (χ3v) is 3.75. The van der Waals surface area contributed by atoms with Gasteiger partial charge in [0.15, 0.2) is 0 Å². The molecule has 0 aromatic heterocycles. The summed E-state index contributed by atoms with van der Waals surface area (Å²) >= 11 is 0. The van der Waals surface area contributed by atoms with Crippen molar-refractivity contribution < 1.29 is 14.3 Å². The van der Waals surface area contributed by atoms with E-state index in [0.717, 1.165) is 18.4 Å². The summed E-state index contributed by atoms with van der Waals surface area (Å²) in [5.41, 5.74) is 6.99. The molecule has 1 saturated carbocycles. The number of nitrogens with two attached hydrogens (primary N) is 1. The second kappa shape index (κ2) is 7.22. The van der Waals surface area contributed by atoms with Crippen LogP contribution in [0.2, 0.25) is 0 Å². The molecule has 0 bridgehead atoms. The van der Waals surface area contributed by atoms with E-state index in [4.69, 9.17) is 5.73 Å². The Morgan fingerprint density at radius 2 is 2.00 bits per heavy atom. The van der Waals surface area contributed by atoms with Crippen molar-refractivity contribution in [3.05, 3.63) is 35.9 Å². The topological polar surface area (TPSA) is 72.6 Å². The van der Waals surface area contributed by atoms with Gasteiger partial charge in [-0.1, -0.05) is 30.3 Å². The van der Waals surface area contributed by atoms with Gasteiger partial charge in [-0.3, -0.25) is 9.59 Å². The maximum Gasteiger partial charge on any atom is 0.325 e. The Kier molecular flexibility index (Phi) is 5.33. The molecule has 1 aromatic carbocycles. The van der Waals surface area contributed by atoms with Crippen LogP contribution in [0.1, 0.15) is 24.8 Å². The number of esters is 1. The van der Waals surface area contributed by atoms with Gasteiger partial charge in [0.1, 0.15) is 6.54 Å². The van der Waals surface area contributed by atoms with Gasteiger partial charge >= 0.3 is 5.97 Å². The first kappa shape index (κ1) is 15.5. The number of hydrogen-bond donors (Lipinski definition) is 1. The van der Waals surface area contributed by atoms with Crippen LogP contribution in [0.3, 0.4) is 0 Å². The Balaban J connectivity index is 1.99. The Hall–Kier alpha value is -1.88. The van der Waals surface area contributed by atoms with Gasteiger partial charge in [0, 0.05) is 19.0 Å². The third kappa shape index (κ3) is 4.86. The maximum absolute atomic E-state index is 12.4. The van der Waals surface area contributed by atoms with Crippen molar-refractivity contribution in [3.63, 3.8) is 0 Å². The number of amides is 1. The van der Waals surface area contributed by atoms with Crippen molar-refractivity contribution in [2.45, 2.75) is 31.8 Å². The fourth-order valence-electron chi connectivity index (χ4n) is 2.28. The average Bonchev–Trinajstić information content (AvgIpc) is 3.32. The van der Waals surface area contributed by atoms with Crippen molar-refractivity contribution in [1.29, 1.82) is 0 Å². The summed E-state index contributed by atoms with van der Waals surface area (Å²) < 4.78 is 4.67. The third-order valence-electron chi connectivity index (χ3n) is 3.75. The second-order valence-corrected chi connectivity index (χ2v) is 5.52. The first-order valence-electron chi connectivity index (χ1n) is 7.24. The SMILES string of the molecule is COC(=O)CN(Cc1ccccc1)C(=O)CC(N)C1CC1. The van der Waals surface area contributed by atoms with Crippen LogP contribution in [0.5, 0.6) is 0 Å². The van der Waals surface area contributed by atoms with E-state index in [2.05, 4.69) is 4.74 Å². The van der Waals surface area contributed by atoms with Gasteiger partial charge < -0.3 is 15.4 Å². The second-order valence-electron chi connectivity index (χ2n) is 5.52. The molecule has 0 saturated heterocycles. The Bertz CT molecular complexity index is 486. The number of rotatable bonds is 7. The molecule has 1 fully saturated rings. The van der Waals surface area contributed by atoms with Gasteiger partial charge in [-0.25, -0.2) is 0 Å². The number of benzene rings is 1. The lowest BCUT2D eigenvalue weighted by Gasteiger charge is -2.23. The van der Waals surface area contributed by atoms with Crippen LogP contribution in [0, 0.1) is 5.92 Å². The smallest absolute Gasteiger partial charge is 0.325 e. The minimum atomic E-state index is -0.417. The van der Waals surface area contributed by atoms with Gasteiger partial charge in [0.2, 0.25) is 5.91 Å². The monoisotopic (exact) mass is 290 g/mol. The van der Waals surface area contributed by atoms with Crippen LogP contribution in [-0.4, -0.2) is 36.5 Å². The minimum Gasteiger partial charge on any atom is -0.468 e. The van der Waals surface area contributed by atoms with Crippen molar-refractivity contribution >= 4 is 11.9 Å². The van der Waals surface area contributed by atoms with Crippen LogP contribution >= 0.6 is 0 Å². The molecule has 114 valence electrons. The molecule has 1 atom stereocenters. The van der Waals surface area contributed by atoms with Crippen LogP contribution in [0.25, 0.3) is 0 Å². The molecule has 1 aliphatic rings. The molecule has 0 heterocycles. The predicted octanol–water partition coefficient (Wildman–Crippen LogP) is 1.32. The lowest BCUT2D eigenvalue weighted by Crippen LogP contribution is -2.39. The van der Waals surface area contributed by atoms with Gasteiger partial charge in [-0.15, -0.1) is 0 Å². The zero-order chi connectivity index (χ0) is 15.2. The highest BCUT2D eigenvalue weighted by Crippen LogP contribution is 2.33. The highest BCUT2D eigenvalue weighted by atomic mass is 16.5. The van der Waals surface area contributed by atoms with Crippen LogP contribution < -0.4 is 5.73 Å². The molecule has 5 nitrogen and oxygen atoms in total. The standard InChI is InChI=1S/C16H22N2O3/c1-21-16(20)11-18(10-12-5-3-2-4-6-12)15(19)9-14(17)13-7-8-13/h2-6,13-14H,7-11,17H2,1H3. The predicted molar refractivity (Wildman–Crippen MR) is 79.2 cm³/mol. The summed E-state index contributed by atoms with van der Waals surface area (Å²) in [5, 5.41) is 0. The quantitative estimate of drug-likeness (QED) is 0.769. The molecular formula is C16H22N2O3. The van der Waals surface area contributed by atoms with Crippen LogP contribution in [0.15, 0.2) is 30.3 Å². The highest BCUT2D eigenvalue weighted by Gasteiger charge is 2.31. The summed E-state index contributed by atoms with van der Waals surface area (Å²) in [6, 6.07) is 9.49. The fraction of sp³-hybridized carbons (Fsp3) is 0.500. The number of carbonyl (C=O) groups excluding carboxylic acids is 2. The maximum atomic E-state index is 12.4.